The Labute approximate surface area is 168 Å². The molecule has 2 aromatic heterocycles. The van der Waals surface area contributed by atoms with Crippen molar-refractivity contribution in [3.05, 3.63) is 47.7 Å². The van der Waals surface area contributed by atoms with Gasteiger partial charge in [-0.05, 0) is 49.9 Å². The van der Waals surface area contributed by atoms with Crippen molar-refractivity contribution in [2.75, 3.05) is 19.7 Å². The molecule has 0 N–H and O–H groups in total. The zero-order valence-corrected chi connectivity index (χ0v) is 16.6. The number of carbonyl (C=O) groups is 1. The van der Waals surface area contributed by atoms with Crippen molar-refractivity contribution >= 4 is 17.2 Å². The third kappa shape index (κ3) is 4.22. The first-order chi connectivity index (χ1) is 13.7. The number of ether oxygens (including phenoxy) is 1. The zero-order valence-electron chi connectivity index (χ0n) is 15.8. The van der Waals surface area contributed by atoms with Crippen molar-refractivity contribution < 1.29 is 9.53 Å². The van der Waals surface area contributed by atoms with E-state index in [2.05, 4.69) is 15.3 Å². The molecule has 3 aromatic rings. The third-order valence-corrected chi connectivity index (χ3v) is 5.75. The van der Waals surface area contributed by atoms with Gasteiger partial charge in [-0.15, -0.1) is 16.4 Å². The van der Waals surface area contributed by atoms with Crippen LogP contribution in [0.2, 0.25) is 0 Å². The Hall–Kier alpha value is -2.74. The molecule has 0 bridgehead atoms. The first-order valence-corrected chi connectivity index (χ1v) is 10.4. The van der Waals surface area contributed by atoms with E-state index in [1.54, 1.807) is 6.20 Å². The highest BCUT2D eigenvalue weighted by atomic mass is 32.1. The van der Waals surface area contributed by atoms with E-state index in [-0.39, 0.29) is 5.91 Å². The van der Waals surface area contributed by atoms with Crippen molar-refractivity contribution in [1.29, 1.82) is 0 Å². The molecule has 146 valence electrons. The standard InChI is InChI=1S/C20H23N5O2S/c1-2-27-17-7-5-16(6-8-17)19-22-18(14-28-19)20(26)24-10-3-4-15(12-24)13-25-11-9-21-23-25/h5-9,11,14-15H,2-4,10,12-13H2,1H3. The lowest BCUT2D eigenvalue weighted by Crippen LogP contribution is -2.41. The molecule has 1 aliphatic heterocycles. The lowest BCUT2D eigenvalue weighted by Gasteiger charge is -2.32. The summed E-state index contributed by atoms with van der Waals surface area (Å²) in [5.74, 6) is 1.24. The highest BCUT2D eigenvalue weighted by Crippen LogP contribution is 2.27. The highest BCUT2D eigenvalue weighted by molar-refractivity contribution is 7.13. The minimum atomic E-state index is 0.0109. The Morgan fingerprint density at radius 3 is 2.93 bits per heavy atom. The van der Waals surface area contributed by atoms with Crippen molar-refractivity contribution in [3.63, 3.8) is 0 Å². The second kappa shape index (κ2) is 8.52. The van der Waals surface area contributed by atoms with Crippen LogP contribution < -0.4 is 4.74 Å². The topological polar surface area (TPSA) is 73.1 Å². The molecule has 1 aliphatic rings. The van der Waals surface area contributed by atoms with Crippen LogP contribution in [0.5, 0.6) is 5.75 Å². The van der Waals surface area contributed by atoms with E-state index in [4.69, 9.17) is 4.74 Å². The quantitative estimate of drug-likeness (QED) is 0.638. The third-order valence-electron chi connectivity index (χ3n) is 4.86. The Balaban J connectivity index is 1.42. The van der Waals surface area contributed by atoms with Crippen molar-refractivity contribution in [2.45, 2.75) is 26.3 Å². The summed E-state index contributed by atoms with van der Waals surface area (Å²) < 4.78 is 7.32. The van der Waals surface area contributed by atoms with Crippen LogP contribution in [0.25, 0.3) is 10.6 Å². The maximum Gasteiger partial charge on any atom is 0.273 e. The molecule has 3 heterocycles. The number of carbonyl (C=O) groups excluding carboxylic acids is 1. The van der Waals surface area contributed by atoms with E-state index < -0.39 is 0 Å². The maximum absolute atomic E-state index is 12.9. The molecule has 0 aliphatic carbocycles. The van der Waals surface area contributed by atoms with Crippen LogP contribution in [-0.4, -0.2) is 50.5 Å². The summed E-state index contributed by atoms with van der Waals surface area (Å²) in [5, 5.41) is 10.6. The van der Waals surface area contributed by atoms with Crippen LogP contribution >= 0.6 is 11.3 Å². The highest BCUT2D eigenvalue weighted by Gasteiger charge is 2.26. The van der Waals surface area contributed by atoms with Crippen molar-refractivity contribution in [1.82, 2.24) is 24.9 Å². The lowest BCUT2D eigenvalue weighted by atomic mass is 9.98. The summed E-state index contributed by atoms with van der Waals surface area (Å²) in [6, 6.07) is 7.82. The van der Waals surface area contributed by atoms with Gasteiger partial charge in [-0.2, -0.15) is 0 Å². The number of hydrogen-bond donors (Lipinski definition) is 0. The Morgan fingerprint density at radius 2 is 2.18 bits per heavy atom. The minimum Gasteiger partial charge on any atom is -0.494 e. The van der Waals surface area contributed by atoms with Crippen LogP contribution in [-0.2, 0) is 6.54 Å². The first-order valence-electron chi connectivity index (χ1n) is 9.55. The number of likely N-dealkylation sites (tertiary alicyclic amines) is 1. The number of nitrogens with zero attached hydrogens (tertiary/aromatic N) is 5. The zero-order chi connectivity index (χ0) is 19.3. The van der Waals surface area contributed by atoms with Gasteiger partial charge in [-0.3, -0.25) is 9.48 Å². The van der Waals surface area contributed by atoms with E-state index in [9.17, 15) is 4.79 Å². The fourth-order valence-corrected chi connectivity index (χ4v) is 4.32. The molecule has 0 radical (unpaired) electrons. The molecule has 1 saturated heterocycles. The number of benzene rings is 1. The van der Waals surface area contributed by atoms with Gasteiger partial charge in [0.1, 0.15) is 16.5 Å². The lowest BCUT2D eigenvalue weighted by molar-refractivity contribution is 0.0654. The summed E-state index contributed by atoms with van der Waals surface area (Å²) in [5.41, 5.74) is 1.52. The Bertz CT molecular complexity index is 907. The fourth-order valence-electron chi connectivity index (χ4n) is 3.52. The van der Waals surface area contributed by atoms with Gasteiger partial charge in [-0.25, -0.2) is 4.98 Å². The molecule has 28 heavy (non-hydrogen) atoms. The molecule has 1 aromatic carbocycles. The number of piperidine rings is 1. The molecule has 7 nitrogen and oxygen atoms in total. The van der Waals surface area contributed by atoms with Gasteiger partial charge in [0.05, 0.1) is 12.8 Å². The van der Waals surface area contributed by atoms with Gasteiger partial charge < -0.3 is 9.64 Å². The second-order valence-electron chi connectivity index (χ2n) is 6.88. The first kappa shape index (κ1) is 18.6. The molecule has 1 amide bonds. The van der Waals surface area contributed by atoms with Crippen molar-refractivity contribution in [2.24, 2.45) is 5.92 Å². The SMILES string of the molecule is CCOc1ccc(-c2nc(C(=O)N3CCCC(Cn4ccnn4)C3)cs2)cc1. The van der Waals surface area contributed by atoms with Gasteiger partial charge in [0.2, 0.25) is 0 Å². The summed E-state index contributed by atoms with van der Waals surface area (Å²) in [6.45, 7) is 4.90. The van der Waals surface area contributed by atoms with Gasteiger partial charge in [-0.1, -0.05) is 5.21 Å². The molecular formula is C20H23N5O2S. The summed E-state index contributed by atoms with van der Waals surface area (Å²) >= 11 is 1.50. The summed E-state index contributed by atoms with van der Waals surface area (Å²) in [6.07, 6.45) is 5.65. The number of hydrogen-bond acceptors (Lipinski definition) is 6. The predicted octanol–water partition coefficient (Wildman–Crippen LogP) is 3.35. The molecule has 0 saturated carbocycles. The molecule has 1 atom stereocenters. The maximum atomic E-state index is 12.9. The van der Waals surface area contributed by atoms with Crippen molar-refractivity contribution in [3.8, 4) is 16.3 Å². The monoisotopic (exact) mass is 397 g/mol. The fraction of sp³-hybridized carbons (Fsp3) is 0.400. The molecular weight excluding hydrogens is 374 g/mol. The van der Waals surface area contributed by atoms with E-state index in [0.29, 0.717) is 18.2 Å². The number of rotatable bonds is 6. The predicted molar refractivity (Wildman–Crippen MR) is 107 cm³/mol. The van der Waals surface area contributed by atoms with E-state index in [0.717, 1.165) is 48.8 Å². The Morgan fingerprint density at radius 1 is 1.32 bits per heavy atom. The molecule has 1 fully saturated rings. The second-order valence-corrected chi connectivity index (χ2v) is 7.74. The summed E-state index contributed by atoms with van der Waals surface area (Å²) in [7, 11) is 0. The van der Waals surface area contributed by atoms with Crippen LogP contribution in [0.4, 0.5) is 0 Å². The average Bonchev–Trinajstić information content (AvgIpc) is 3.41. The van der Waals surface area contributed by atoms with E-state index in [1.165, 1.54) is 11.3 Å². The van der Waals surface area contributed by atoms with Gasteiger partial charge >= 0.3 is 0 Å². The van der Waals surface area contributed by atoms with E-state index in [1.807, 2.05) is 52.3 Å². The van der Waals surface area contributed by atoms with Gasteiger partial charge in [0.25, 0.3) is 5.91 Å². The smallest absolute Gasteiger partial charge is 0.273 e. The molecule has 4 rings (SSSR count). The Kier molecular flexibility index (Phi) is 5.66. The normalized spacial score (nSPS) is 16.9. The van der Waals surface area contributed by atoms with Crippen LogP contribution in [0.15, 0.2) is 42.0 Å². The van der Waals surface area contributed by atoms with E-state index >= 15 is 0 Å². The minimum absolute atomic E-state index is 0.0109. The largest absolute Gasteiger partial charge is 0.494 e. The summed E-state index contributed by atoms with van der Waals surface area (Å²) in [4.78, 5) is 19.5. The average molecular weight is 398 g/mol. The molecule has 8 heteroatoms. The van der Waals surface area contributed by atoms with Gasteiger partial charge in [0.15, 0.2) is 0 Å². The van der Waals surface area contributed by atoms with Gasteiger partial charge in [0, 0.05) is 36.8 Å². The number of thiazole rings is 1. The van der Waals surface area contributed by atoms with Crippen LogP contribution in [0, 0.1) is 5.92 Å². The number of aromatic nitrogens is 4. The van der Waals surface area contributed by atoms with Crippen LogP contribution in [0.1, 0.15) is 30.3 Å². The van der Waals surface area contributed by atoms with Crippen LogP contribution in [0.3, 0.4) is 0 Å². The molecule has 1 unspecified atom stereocenters. The number of amides is 1. The molecule has 0 spiro atoms.